The van der Waals surface area contributed by atoms with Gasteiger partial charge in [-0.3, -0.25) is 4.98 Å². The first-order chi connectivity index (χ1) is 8.86. The van der Waals surface area contributed by atoms with Gasteiger partial charge in [-0.25, -0.2) is 0 Å². The highest BCUT2D eigenvalue weighted by Crippen LogP contribution is 2.22. The van der Waals surface area contributed by atoms with E-state index in [1.807, 2.05) is 18.3 Å². The number of pyridine rings is 1. The summed E-state index contributed by atoms with van der Waals surface area (Å²) in [6, 6.07) is 8.67. The molecule has 1 aromatic heterocycles. The molecule has 3 rings (SSSR count). The lowest BCUT2D eigenvalue weighted by Crippen LogP contribution is -2.54. The van der Waals surface area contributed by atoms with Crippen LogP contribution in [0.15, 0.2) is 30.5 Å². The van der Waals surface area contributed by atoms with E-state index in [1.165, 1.54) is 5.56 Å². The lowest BCUT2D eigenvalue weighted by Gasteiger charge is -2.28. The molecule has 0 spiro atoms. The van der Waals surface area contributed by atoms with Gasteiger partial charge in [-0.1, -0.05) is 0 Å². The Morgan fingerprint density at radius 1 is 1.39 bits per heavy atom. The van der Waals surface area contributed by atoms with Gasteiger partial charge in [-0.05, 0) is 29.8 Å². The predicted molar refractivity (Wildman–Crippen MR) is 71.8 cm³/mol. The van der Waals surface area contributed by atoms with Gasteiger partial charge in [0.1, 0.15) is 5.75 Å². The minimum Gasteiger partial charge on any atom is -0.497 e. The fourth-order valence-electron chi connectivity index (χ4n) is 2.15. The minimum absolute atomic E-state index is 0.596. The Balaban J connectivity index is 1.88. The van der Waals surface area contributed by atoms with Crippen LogP contribution in [0.5, 0.6) is 5.75 Å². The van der Waals surface area contributed by atoms with Gasteiger partial charge in [0.25, 0.3) is 0 Å². The molecule has 0 atom stereocenters. The molecule has 0 aliphatic carbocycles. The van der Waals surface area contributed by atoms with Crippen LogP contribution in [0.1, 0.15) is 5.56 Å². The van der Waals surface area contributed by atoms with Crippen molar-refractivity contribution in [2.24, 2.45) is 0 Å². The first-order valence-electron chi connectivity index (χ1n) is 6.22. The van der Waals surface area contributed by atoms with E-state index in [1.54, 1.807) is 7.11 Å². The summed E-state index contributed by atoms with van der Waals surface area (Å²) in [5.41, 5.74) is 2.28. The molecule has 0 unspecified atom stereocenters. The number of rotatable bonds is 4. The number of fused-ring (bicyclic) bond motifs is 1. The second kappa shape index (κ2) is 4.92. The molecular formula is C14H17N3O. The van der Waals surface area contributed by atoms with E-state index in [4.69, 9.17) is 4.74 Å². The molecule has 18 heavy (non-hydrogen) atoms. The lowest BCUT2D eigenvalue weighted by molar-refractivity contribution is 0.366. The summed E-state index contributed by atoms with van der Waals surface area (Å²) in [6.07, 6.45) is 1.87. The van der Waals surface area contributed by atoms with E-state index in [9.17, 15) is 0 Å². The number of nitrogens with one attached hydrogen (secondary N) is 2. The van der Waals surface area contributed by atoms with Crippen molar-refractivity contribution in [3.05, 3.63) is 36.0 Å². The highest BCUT2D eigenvalue weighted by atomic mass is 16.5. The van der Waals surface area contributed by atoms with E-state index in [0.29, 0.717) is 6.04 Å². The van der Waals surface area contributed by atoms with Gasteiger partial charge in [0, 0.05) is 37.3 Å². The van der Waals surface area contributed by atoms with E-state index in [0.717, 1.165) is 36.3 Å². The van der Waals surface area contributed by atoms with Crippen molar-refractivity contribution >= 4 is 10.9 Å². The number of hydrogen-bond acceptors (Lipinski definition) is 4. The van der Waals surface area contributed by atoms with E-state index < -0.39 is 0 Å². The second-order valence-electron chi connectivity index (χ2n) is 4.59. The number of methoxy groups -OCH3 is 1. The quantitative estimate of drug-likeness (QED) is 0.850. The van der Waals surface area contributed by atoms with Gasteiger partial charge in [-0.15, -0.1) is 0 Å². The van der Waals surface area contributed by atoms with Crippen LogP contribution in [0.25, 0.3) is 10.9 Å². The summed E-state index contributed by atoms with van der Waals surface area (Å²) in [5, 5.41) is 7.96. The smallest absolute Gasteiger partial charge is 0.119 e. The van der Waals surface area contributed by atoms with Crippen molar-refractivity contribution in [2.75, 3.05) is 20.2 Å². The summed E-state index contributed by atoms with van der Waals surface area (Å²) >= 11 is 0. The Morgan fingerprint density at radius 2 is 2.28 bits per heavy atom. The highest BCUT2D eigenvalue weighted by Gasteiger charge is 2.15. The van der Waals surface area contributed by atoms with Crippen LogP contribution in [0, 0.1) is 0 Å². The Labute approximate surface area is 106 Å². The maximum atomic E-state index is 5.28. The van der Waals surface area contributed by atoms with Crippen LogP contribution < -0.4 is 15.4 Å². The average Bonchev–Trinajstić information content (AvgIpc) is 2.36. The molecule has 4 heteroatoms. The average molecular weight is 243 g/mol. The molecule has 2 heterocycles. The summed E-state index contributed by atoms with van der Waals surface area (Å²) in [6.45, 7) is 3.00. The second-order valence-corrected chi connectivity index (χ2v) is 4.59. The monoisotopic (exact) mass is 243 g/mol. The number of hydrogen-bond donors (Lipinski definition) is 2. The predicted octanol–water partition coefficient (Wildman–Crippen LogP) is 1.30. The first-order valence-corrected chi connectivity index (χ1v) is 6.22. The summed E-state index contributed by atoms with van der Waals surface area (Å²) in [5.74, 6) is 0.877. The Morgan fingerprint density at radius 3 is 3.00 bits per heavy atom. The molecule has 2 aromatic rings. The number of aromatic nitrogens is 1. The number of nitrogens with zero attached hydrogens (tertiary/aromatic N) is 1. The molecular weight excluding hydrogens is 226 g/mol. The van der Waals surface area contributed by atoms with Crippen LogP contribution in [0.2, 0.25) is 0 Å². The fraction of sp³-hybridized carbons (Fsp3) is 0.357. The maximum Gasteiger partial charge on any atom is 0.119 e. The van der Waals surface area contributed by atoms with Gasteiger partial charge >= 0.3 is 0 Å². The van der Waals surface area contributed by atoms with E-state index in [2.05, 4.69) is 27.8 Å². The molecule has 4 nitrogen and oxygen atoms in total. The molecule has 94 valence electrons. The third kappa shape index (κ3) is 2.17. The van der Waals surface area contributed by atoms with Gasteiger partial charge in [0.05, 0.1) is 12.6 Å². The van der Waals surface area contributed by atoms with Gasteiger partial charge in [-0.2, -0.15) is 0 Å². The molecule has 0 saturated carbocycles. The SMILES string of the molecule is COc1ccc2nccc(CNC3CNC3)c2c1. The third-order valence-corrected chi connectivity index (χ3v) is 3.40. The summed E-state index contributed by atoms with van der Waals surface area (Å²) in [4.78, 5) is 4.38. The highest BCUT2D eigenvalue weighted by molar-refractivity contribution is 5.83. The van der Waals surface area contributed by atoms with Crippen molar-refractivity contribution in [1.29, 1.82) is 0 Å². The number of benzene rings is 1. The largest absolute Gasteiger partial charge is 0.497 e. The van der Waals surface area contributed by atoms with Crippen molar-refractivity contribution in [3.63, 3.8) is 0 Å². The maximum absolute atomic E-state index is 5.28. The van der Waals surface area contributed by atoms with Gasteiger partial charge < -0.3 is 15.4 Å². The Hall–Kier alpha value is -1.65. The fourth-order valence-corrected chi connectivity index (χ4v) is 2.15. The molecule has 1 aliphatic heterocycles. The van der Waals surface area contributed by atoms with E-state index >= 15 is 0 Å². The summed E-state index contributed by atoms with van der Waals surface area (Å²) < 4.78 is 5.28. The van der Waals surface area contributed by atoms with Crippen molar-refractivity contribution in [1.82, 2.24) is 15.6 Å². The van der Waals surface area contributed by atoms with Crippen molar-refractivity contribution in [2.45, 2.75) is 12.6 Å². The van der Waals surface area contributed by atoms with Crippen LogP contribution in [-0.2, 0) is 6.54 Å². The number of ether oxygens (including phenoxy) is 1. The summed E-state index contributed by atoms with van der Waals surface area (Å²) in [7, 11) is 1.69. The molecule has 0 radical (unpaired) electrons. The van der Waals surface area contributed by atoms with Crippen molar-refractivity contribution in [3.8, 4) is 5.75 Å². The van der Waals surface area contributed by atoms with Gasteiger partial charge in [0.15, 0.2) is 0 Å². The molecule has 2 N–H and O–H groups in total. The molecule has 1 aromatic carbocycles. The van der Waals surface area contributed by atoms with Crippen molar-refractivity contribution < 1.29 is 4.74 Å². The lowest BCUT2D eigenvalue weighted by atomic mass is 10.1. The zero-order chi connectivity index (χ0) is 12.4. The zero-order valence-corrected chi connectivity index (χ0v) is 10.4. The van der Waals surface area contributed by atoms with Crippen LogP contribution in [0.3, 0.4) is 0 Å². The Kier molecular flexibility index (Phi) is 3.13. The Bertz CT molecular complexity index is 552. The third-order valence-electron chi connectivity index (χ3n) is 3.40. The molecule has 1 aliphatic rings. The molecule has 1 saturated heterocycles. The normalized spacial score (nSPS) is 15.6. The molecule has 1 fully saturated rings. The first kappa shape index (κ1) is 11.4. The van der Waals surface area contributed by atoms with Crippen LogP contribution in [-0.4, -0.2) is 31.2 Å². The zero-order valence-electron chi connectivity index (χ0n) is 10.4. The van der Waals surface area contributed by atoms with Crippen LogP contribution >= 0.6 is 0 Å². The van der Waals surface area contributed by atoms with E-state index in [-0.39, 0.29) is 0 Å². The van der Waals surface area contributed by atoms with Crippen LogP contribution in [0.4, 0.5) is 0 Å². The topological polar surface area (TPSA) is 46.2 Å². The minimum atomic E-state index is 0.596. The standard InChI is InChI=1S/C14H17N3O/c1-18-12-2-3-14-13(6-12)10(4-5-16-14)7-17-11-8-15-9-11/h2-6,11,15,17H,7-9H2,1H3. The molecule has 0 amide bonds. The van der Waals surface area contributed by atoms with Gasteiger partial charge in [0.2, 0.25) is 0 Å². The molecule has 0 bridgehead atoms.